The van der Waals surface area contributed by atoms with Crippen LogP contribution in [0.2, 0.25) is 0 Å². The molecule has 1 aliphatic rings. The Hall–Kier alpha value is -4.88. The SMILES string of the molecule is CC(C)(C)N(c1ccc(-c2ccccc2)cc1)c1cccc(C2(c3ccccc3)c3ccccc3-c3ccccc32)c1. The van der Waals surface area contributed by atoms with E-state index in [1.807, 2.05) is 0 Å². The average Bonchev–Trinajstić information content (AvgIpc) is 3.33. The van der Waals surface area contributed by atoms with Gasteiger partial charge in [-0.2, -0.15) is 0 Å². The van der Waals surface area contributed by atoms with Gasteiger partial charge >= 0.3 is 0 Å². The van der Waals surface area contributed by atoms with Crippen molar-refractivity contribution < 1.29 is 0 Å². The van der Waals surface area contributed by atoms with Crippen LogP contribution < -0.4 is 4.90 Å². The zero-order valence-corrected chi connectivity index (χ0v) is 24.5. The van der Waals surface area contributed by atoms with Gasteiger partial charge in [0.15, 0.2) is 0 Å². The molecule has 1 aliphatic carbocycles. The molecule has 0 radical (unpaired) electrons. The van der Waals surface area contributed by atoms with E-state index in [4.69, 9.17) is 0 Å². The lowest BCUT2D eigenvalue weighted by atomic mass is 9.67. The van der Waals surface area contributed by atoms with E-state index < -0.39 is 5.41 Å². The van der Waals surface area contributed by atoms with E-state index in [2.05, 4.69) is 183 Å². The van der Waals surface area contributed by atoms with Crippen LogP contribution in [0.25, 0.3) is 22.3 Å². The number of nitrogens with zero attached hydrogens (tertiary/aromatic N) is 1. The van der Waals surface area contributed by atoms with Crippen LogP contribution in [-0.2, 0) is 5.41 Å². The van der Waals surface area contributed by atoms with Crippen molar-refractivity contribution in [2.75, 3.05) is 4.90 Å². The van der Waals surface area contributed by atoms with Crippen LogP contribution >= 0.6 is 0 Å². The van der Waals surface area contributed by atoms with Crippen molar-refractivity contribution in [1.29, 1.82) is 0 Å². The summed E-state index contributed by atoms with van der Waals surface area (Å²) in [6.07, 6.45) is 0. The van der Waals surface area contributed by atoms with Crippen LogP contribution in [-0.4, -0.2) is 5.54 Å². The molecule has 204 valence electrons. The number of anilines is 2. The molecule has 0 spiro atoms. The Morgan fingerprint density at radius 3 is 1.52 bits per heavy atom. The van der Waals surface area contributed by atoms with Crippen molar-refractivity contribution in [1.82, 2.24) is 0 Å². The first-order valence-corrected chi connectivity index (χ1v) is 14.8. The van der Waals surface area contributed by atoms with E-state index in [9.17, 15) is 0 Å². The van der Waals surface area contributed by atoms with Gasteiger partial charge in [0.1, 0.15) is 0 Å². The molecule has 6 aromatic carbocycles. The van der Waals surface area contributed by atoms with Crippen LogP contribution in [0.5, 0.6) is 0 Å². The van der Waals surface area contributed by atoms with Crippen LogP contribution in [0.15, 0.2) is 158 Å². The van der Waals surface area contributed by atoms with Crippen LogP contribution in [0, 0.1) is 0 Å². The Morgan fingerprint density at radius 2 is 0.929 bits per heavy atom. The summed E-state index contributed by atoms with van der Waals surface area (Å²) < 4.78 is 0. The molecular formula is C41H35N. The largest absolute Gasteiger partial charge is 0.336 e. The monoisotopic (exact) mass is 541 g/mol. The molecule has 6 aromatic rings. The van der Waals surface area contributed by atoms with Crippen LogP contribution in [0.4, 0.5) is 11.4 Å². The molecule has 0 heterocycles. The van der Waals surface area contributed by atoms with E-state index >= 15 is 0 Å². The third kappa shape index (κ3) is 4.16. The van der Waals surface area contributed by atoms with E-state index in [0.717, 1.165) is 0 Å². The predicted octanol–water partition coefficient (Wildman–Crippen LogP) is 10.7. The van der Waals surface area contributed by atoms with Gasteiger partial charge in [0.25, 0.3) is 0 Å². The van der Waals surface area contributed by atoms with Crippen LogP contribution in [0.1, 0.15) is 43.0 Å². The summed E-state index contributed by atoms with van der Waals surface area (Å²) in [4.78, 5) is 2.47. The molecule has 0 atom stereocenters. The summed E-state index contributed by atoms with van der Waals surface area (Å²) in [6, 6.07) is 57.7. The summed E-state index contributed by atoms with van der Waals surface area (Å²) in [6.45, 7) is 6.87. The molecule has 0 saturated carbocycles. The fraction of sp³-hybridized carbons (Fsp3) is 0.122. The molecule has 0 unspecified atom stereocenters. The lowest BCUT2D eigenvalue weighted by Gasteiger charge is -2.39. The Morgan fingerprint density at radius 1 is 0.429 bits per heavy atom. The number of rotatable bonds is 5. The van der Waals surface area contributed by atoms with Crippen molar-refractivity contribution >= 4 is 11.4 Å². The summed E-state index contributed by atoms with van der Waals surface area (Å²) >= 11 is 0. The topological polar surface area (TPSA) is 3.24 Å². The molecule has 1 heteroatoms. The second-order valence-corrected chi connectivity index (χ2v) is 12.2. The van der Waals surface area contributed by atoms with E-state index in [1.165, 1.54) is 55.9 Å². The van der Waals surface area contributed by atoms with E-state index in [0.29, 0.717) is 0 Å². The van der Waals surface area contributed by atoms with Gasteiger partial charge < -0.3 is 4.90 Å². The molecule has 0 saturated heterocycles. The minimum absolute atomic E-state index is 0.141. The first-order valence-electron chi connectivity index (χ1n) is 14.8. The van der Waals surface area contributed by atoms with Gasteiger partial charge in [-0.1, -0.05) is 133 Å². The van der Waals surface area contributed by atoms with Crippen LogP contribution in [0.3, 0.4) is 0 Å². The van der Waals surface area contributed by atoms with Gasteiger partial charge in [-0.15, -0.1) is 0 Å². The average molecular weight is 542 g/mol. The smallest absolute Gasteiger partial charge is 0.0714 e. The molecule has 0 aliphatic heterocycles. The fourth-order valence-electron chi connectivity index (χ4n) is 6.95. The highest BCUT2D eigenvalue weighted by Crippen LogP contribution is 2.56. The molecule has 0 N–H and O–H groups in total. The summed E-state index contributed by atoms with van der Waals surface area (Å²) in [5.41, 5.74) is 12.1. The van der Waals surface area contributed by atoms with E-state index in [-0.39, 0.29) is 5.54 Å². The number of fused-ring (bicyclic) bond motifs is 3. The molecular weight excluding hydrogens is 506 g/mol. The second-order valence-electron chi connectivity index (χ2n) is 12.2. The number of benzene rings is 6. The first kappa shape index (κ1) is 26.0. The molecule has 42 heavy (non-hydrogen) atoms. The third-order valence-electron chi connectivity index (χ3n) is 8.60. The highest BCUT2D eigenvalue weighted by molar-refractivity contribution is 5.86. The second kappa shape index (κ2) is 10.2. The fourth-order valence-corrected chi connectivity index (χ4v) is 6.95. The van der Waals surface area contributed by atoms with Crippen molar-refractivity contribution in [2.24, 2.45) is 0 Å². The minimum Gasteiger partial charge on any atom is -0.336 e. The van der Waals surface area contributed by atoms with E-state index in [1.54, 1.807) is 0 Å². The van der Waals surface area contributed by atoms with Crippen molar-refractivity contribution in [2.45, 2.75) is 31.7 Å². The molecule has 1 nitrogen and oxygen atoms in total. The Labute approximate surface area is 249 Å². The highest BCUT2D eigenvalue weighted by atomic mass is 15.2. The maximum absolute atomic E-state index is 2.47. The summed E-state index contributed by atoms with van der Waals surface area (Å²) in [5.74, 6) is 0. The van der Waals surface area contributed by atoms with Gasteiger partial charge in [-0.25, -0.2) is 0 Å². The van der Waals surface area contributed by atoms with Gasteiger partial charge in [-0.3, -0.25) is 0 Å². The minimum atomic E-state index is -0.412. The maximum atomic E-state index is 2.47. The predicted molar refractivity (Wildman–Crippen MR) is 178 cm³/mol. The molecule has 0 fully saturated rings. The lowest BCUT2D eigenvalue weighted by molar-refractivity contribution is 0.560. The molecule has 0 amide bonds. The van der Waals surface area contributed by atoms with Gasteiger partial charge in [-0.05, 0) is 89.5 Å². The lowest BCUT2D eigenvalue weighted by Crippen LogP contribution is -2.38. The number of hydrogen-bond acceptors (Lipinski definition) is 1. The third-order valence-corrected chi connectivity index (χ3v) is 8.60. The summed E-state index contributed by atoms with van der Waals surface area (Å²) in [5, 5.41) is 0. The summed E-state index contributed by atoms with van der Waals surface area (Å²) in [7, 11) is 0. The Kier molecular flexibility index (Phi) is 6.32. The molecule has 7 rings (SSSR count). The first-order chi connectivity index (χ1) is 20.5. The Bertz CT molecular complexity index is 1800. The van der Waals surface area contributed by atoms with Gasteiger partial charge in [0.05, 0.1) is 5.41 Å². The molecule has 0 aromatic heterocycles. The highest BCUT2D eigenvalue weighted by Gasteiger charge is 2.46. The Balaban J connectivity index is 1.43. The van der Waals surface area contributed by atoms with Crippen molar-refractivity contribution in [3.05, 3.63) is 180 Å². The van der Waals surface area contributed by atoms with Gasteiger partial charge in [0, 0.05) is 16.9 Å². The molecule has 0 bridgehead atoms. The standard InChI is InChI=1S/C41H35N/c1-40(2,3)42(34-27-25-31(26-28-34)30-15-6-4-7-16-30)35-20-14-19-33(29-35)41(32-17-8-5-9-18-32)38-23-12-10-21-36(38)37-22-11-13-24-39(37)41/h4-29H,1-3H3. The maximum Gasteiger partial charge on any atom is 0.0714 e. The number of hydrogen-bond donors (Lipinski definition) is 0. The quantitative estimate of drug-likeness (QED) is 0.209. The van der Waals surface area contributed by atoms with Crippen molar-refractivity contribution in [3.63, 3.8) is 0 Å². The zero-order chi connectivity index (χ0) is 28.7. The van der Waals surface area contributed by atoms with Gasteiger partial charge in [0.2, 0.25) is 0 Å². The zero-order valence-electron chi connectivity index (χ0n) is 24.5. The van der Waals surface area contributed by atoms with Crippen molar-refractivity contribution in [3.8, 4) is 22.3 Å². The normalized spacial score (nSPS) is 13.3.